The molecule has 3 unspecified atom stereocenters. The Kier molecular flexibility index (Phi) is 3.31. The molecule has 1 aromatic carbocycles. The first kappa shape index (κ1) is 12.4. The monoisotopic (exact) mass is 268 g/mol. The Balaban J connectivity index is 1.88. The van der Waals surface area contributed by atoms with Gasteiger partial charge in [0, 0.05) is 30.2 Å². The lowest BCUT2D eigenvalue weighted by molar-refractivity contribution is 0.153. The largest absolute Gasteiger partial charge is 0.329 e. The first-order valence-electron chi connectivity index (χ1n) is 6.60. The smallest absolute Gasteiger partial charge is 0.124 e. The van der Waals surface area contributed by atoms with E-state index in [1.54, 1.807) is 6.07 Å². The van der Waals surface area contributed by atoms with Gasteiger partial charge in [0.1, 0.15) is 5.82 Å². The minimum absolute atomic E-state index is 0.133. The van der Waals surface area contributed by atoms with Crippen molar-refractivity contribution >= 4 is 11.6 Å². The van der Waals surface area contributed by atoms with Gasteiger partial charge in [-0.25, -0.2) is 4.39 Å². The highest BCUT2D eigenvalue weighted by molar-refractivity contribution is 6.31. The second-order valence-corrected chi connectivity index (χ2v) is 5.85. The van der Waals surface area contributed by atoms with Gasteiger partial charge in [0.25, 0.3) is 0 Å². The summed E-state index contributed by atoms with van der Waals surface area (Å²) >= 11 is 6.16. The summed E-state index contributed by atoms with van der Waals surface area (Å²) in [6, 6.07) is 5.41. The van der Waals surface area contributed by atoms with E-state index in [-0.39, 0.29) is 11.9 Å². The Bertz CT molecular complexity index is 451. The average molecular weight is 269 g/mol. The Morgan fingerprint density at radius 2 is 2.28 bits per heavy atom. The van der Waals surface area contributed by atoms with E-state index in [1.165, 1.54) is 31.4 Å². The van der Waals surface area contributed by atoms with Crippen molar-refractivity contribution in [2.75, 3.05) is 13.1 Å². The van der Waals surface area contributed by atoms with Gasteiger partial charge in [-0.15, -0.1) is 0 Å². The van der Waals surface area contributed by atoms with Crippen LogP contribution < -0.4 is 5.73 Å². The van der Waals surface area contributed by atoms with E-state index in [1.807, 2.05) is 0 Å². The number of piperidine rings is 1. The number of nitrogens with zero attached hydrogens (tertiary/aromatic N) is 1. The van der Waals surface area contributed by atoms with Crippen molar-refractivity contribution < 1.29 is 4.39 Å². The second-order valence-electron chi connectivity index (χ2n) is 5.45. The number of benzene rings is 1. The van der Waals surface area contributed by atoms with Crippen molar-refractivity contribution in [2.45, 2.75) is 31.3 Å². The van der Waals surface area contributed by atoms with Crippen LogP contribution in [0.5, 0.6) is 0 Å². The Morgan fingerprint density at radius 3 is 2.83 bits per heavy atom. The van der Waals surface area contributed by atoms with Gasteiger partial charge >= 0.3 is 0 Å². The maximum atomic E-state index is 13.1. The summed E-state index contributed by atoms with van der Waals surface area (Å²) in [7, 11) is 0. The minimum atomic E-state index is -0.289. The average Bonchev–Trinajstić information content (AvgIpc) is 2.95. The van der Waals surface area contributed by atoms with Crippen molar-refractivity contribution in [3.8, 4) is 0 Å². The Labute approximate surface area is 112 Å². The Morgan fingerprint density at radius 1 is 1.44 bits per heavy atom. The van der Waals surface area contributed by atoms with E-state index in [4.69, 9.17) is 17.3 Å². The van der Waals surface area contributed by atoms with Gasteiger partial charge in [-0.1, -0.05) is 17.7 Å². The molecule has 2 N–H and O–H groups in total. The SMILES string of the molecule is NCC(c1ccc(F)cc1Cl)N1CC2CCC1C2. The van der Waals surface area contributed by atoms with Crippen LogP contribution in [0.4, 0.5) is 4.39 Å². The van der Waals surface area contributed by atoms with Crippen LogP contribution in [0.3, 0.4) is 0 Å². The molecule has 3 rings (SSSR count). The zero-order valence-corrected chi connectivity index (χ0v) is 11.0. The van der Waals surface area contributed by atoms with Crippen LogP contribution in [0.25, 0.3) is 0 Å². The quantitative estimate of drug-likeness (QED) is 0.913. The maximum Gasteiger partial charge on any atom is 0.124 e. The lowest BCUT2D eigenvalue weighted by atomic mass is 10.0. The van der Waals surface area contributed by atoms with Crippen molar-refractivity contribution in [1.82, 2.24) is 4.90 Å². The zero-order chi connectivity index (χ0) is 12.7. The number of nitrogens with two attached hydrogens (primary N) is 1. The first-order valence-corrected chi connectivity index (χ1v) is 6.97. The minimum Gasteiger partial charge on any atom is -0.329 e. The van der Waals surface area contributed by atoms with E-state index < -0.39 is 0 Å². The molecule has 98 valence electrons. The third kappa shape index (κ3) is 2.04. The fourth-order valence-corrected chi connectivity index (χ4v) is 3.85. The van der Waals surface area contributed by atoms with Crippen LogP contribution in [-0.4, -0.2) is 24.0 Å². The van der Waals surface area contributed by atoms with Crippen molar-refractivity contribution in [1.29, 1.82) is 0 Å². The third-order valence-electron chi connectivity index (χ3n) is 4.40. The van der Waals surface area contributed by atoms with E-state index in [0.29, 0.717) is 17.6 Å². The molecule has 1 saturated carbocycles. The molecule has 18 heavy (non-hydrogen) atoms. The summed E-state index contributed by atoms with van der Waals surface area (Å²) < 4.78 is 13.1. The molecular formula is C14H18ClFN2. The molecule has 1 aromatic rings. The molecule has 1 aliphatic heterocycles. The zero-order valence-electron chi connectivity index (χ0n) is 10.3. The maximum absolute atomic E-state index is 13.1. The number of hydrogen-bond acceptors (Lipinski definition) is 2. The number of likely N-dealkylation sites (tertiary alicyclic amines) is 1. The standard InChI is InChI=1S/C14H18ClFN2/c15-13-6-10(16)2-4-12(13)14(7-17)18-8-9-1-3-11(18)5-9/h2,4,6,9,11,14H,1,3,5,7-8,17H2. The summed E-state index contributed by atoms with van der Waals surface area (Å²) in [6.07, 6.45) is 3.89. The predicted molar refractivity (Wildman–Crippen MR) is 71.0 cm³/mol. The van der Waals surface area contributed by atoms with Gasteiger partial charge in [-0.2, -0.15) is 0 Å². The van der Waals surface area contributed by atoms with E-state index in [0.717, 1.165) is 18.0 Å². The van der Waals surface area contributed by atoms with E-state index in [2.05, 4.69) is 4.90 Å². The molecule has 1 saturated heterocycles. The molecular weight excluding hydrogens is 251 g/mol. The van der Waals surface area contributed by atoms with Crippen molar-refractivity contribution in [3.63, 3.8) is 0 Å². The second kappa shape index (κ2) is 4.80. The highest BCUT2D eigenvalue weighted by Gasteiger charge is 2.41. The summed E-state index contributed by atoms with van der Waals surface area (Å²) in [4.78, 5) is 2.47. The van der Waals surface area contributed by atoms with Crippen LogP contribution in [0.2, 0.25) is 5.02 Å². The Hall–Kier alpha value is -0.640. The molecule has 0 amide bonds. The van der Waals surface area contributed by atoms with Crippen LogP contribution in [0, 0.1) is 11.7 Å². The molecule has 3 atom stereocenters. The number of halogens is 2. The normalized spacial score (nSPS) is 28.8. The molecule has 2 fully saturated rings. The summed E-state index contributed by atoms with van der Waals surface area (Å²) in [5.74, 6) is 0.533. The van der Waals surface area contributed by atoms with Gasteiger partial charge in [0.15, 0.2) is 0 Å². The predicted octanol–water partition coefficient (Wildman–Crippen LogP) is 2.96. The molecule has 2 aliphatic rings. The van der Waals surface area contributed by atoms with Crippen LogP contribution in [0.1, 0.15) is 30.9 Å². The molecule has 0 spiro atoms. The fraction of sp³-hybridized carbons (Fsp3) is 0.571. The lowest BCUT2D eigenvalue weighted by Crippen LogP contribution is -2.39. The molecule has 2 bridgehead atoms. The molecule has 1 aliphatic carbocycles. The molecule has 4 heteroatoms. The van der Waals surface area contributed by atoms with Crippen LogP contribution in [-0.2, 0) is 0 Å². The number of hydrogen-bond donors (Lipinski definition) is 1. The lowest BCUT2D eigenvalue weighted by Gasteiger charge is -2.35. The summed E-state index contributed by atoms with van der Waals surface area (Å²) in [6.45, 7) is 1.65. The molecule has 0 radical (unpaired) electrons. The van der Waals surface area contributed by atoms with Gasteiger partial charge < -0.3 is 5.73 Å². The number of rotatable bonds is 3. The first-order chi connectivity index (χ1) is 8.69. The van der Waals surface area contributed by atoms with Crippen molar-refractivity contribution in [2.24, 2.45) is 11.7 Å². The van der Waals surface area contributed by atoms with Gasteiger partial charge in [-0.3, -0.25) is 4.90 Å². The van der Waals surface area contributed by atoms with Gasteiger partial charge in [0.2, 0.25) is 0 Å². The van der Waals surface area contributed by atoms with E-state index in [9.17, 15) is 4.39 Å². The highest BCUT2D eigenvalue weighted by Crippen LogP contribution is 2.42. The summed E-state index contributed by atoms with van der Waals surface area (Å²) in [5.41, 5.74) is 6.90. The fourth-order valence-electron chi connectivity index (χ4n) is 3.56. The topological polar surface area (TPSA) is 29.3 Å². The van der Waals surface area contributed by atoms with Gasteiger partial charge in [0.05, 0.1) is 0 Å². The highest BCUT2D eigenvalue weighted by atomic mass is 35.5. The third-order valence-corrected chi connectivity index (χ3v) is 4.72. The molecule has 0 aromatic heterocycles. The number of fused-ring (bicyclic) bond motifs is 2. The summed E-state index contributed by atoms with van der Waals surface area (Å²) in [5, 5.41) is 0.494. The van der Waals surface area contributed by atoms with Crippen molar-refractivity contribution in [3.05, 3.63) is 34.6 Å². The van der Waals surface area contributed by atoms with Gasteiger partial charge in [-0.05, 0) is 42.9 Å². The van der Waals surface area contributed by atoms with Crippen LogP contribution in [0.15, 0.2) is 18.2 Å². The van der Waals surface area contributed by atoms with E-state index >= 15 is 0 Å². The molecule has 2 nitrogen and oxygen atoms in total. The van der Waals surface area contributed by atoms with Crippen LogP contribution >= 0.6 is 11.6 Å². The molecule has 1 heterocycles.